The van der Waals surface area contributed by atoms with E-state index in [0.717, 1.165) is 48.0 Å². The van der Waals surface area contributed by atoms with Gasteiger partial charge in [-0.25, -0.2) is 0 Å². The Kier molecular flexibility index (Phi) is 4.38. The first-order chi connectivity index (χ1) is 13.6. The molecule has 3 heterocycles. The highest BCUT2D eigenvalue weighted by Gasteiger charge is 2.52. The third-order valence-corrected chi connectivity index (χ3v) is 6.72. The quantitative estimate of drug-likeness (QED) is 0.815. The van der Waals surface area contributed by atoms with Crippen LogP contribution >= 0.6 is 11.6 Å². The van der Waals surface area contributed by atoms with Crippen molar-refractivity contribution < 1.29 is 9.64 Å². The molecule has 0 bridgehead atoms. The van der Waals surface area contributed by atoms with Crippen molar-refractivity contribution >= 4 is 17.3 Å². The van der Waals surface area contributed by atoms with Gasteiger partial charge in [0.15, 0.2) is 5.72 Å². The SMILES string of the molecule is CC(C)[NH+]1CCC2(CC1)Oc1ccccc1[C@H]1C=C(c3ccc(Cl)cc3)NN12. The minimum atomic E-state index is -0.303. The van der Waals surface area contributed by atoms with Gasteiger partial charge in [0.25, 0.3) is 0 Å². The van der Waals surface area contributed by atoms with E-state index in [4.69, 9.17) is 16.3 Å². The molecule has 2 N–H and O–H groups in total. The molecule has 0 unspecified atom stereocenters. The molecule has 1 saturated heterocycles. The van der Waals surface area contributed by atoms with E-state index >= 15 is 0 Å². The van der Waals surface area contributed by atoms with Crippen molar-refractivity contribution in [1.29, 1.82) is 0 Å². The standard InChI is InChI=1S/C23H26ClN3O/c1-16(2)26-13-11-23(12-14-26)27-21(19-5-3-4-6-22(19)28-23)15-20(25-27)17-7-9-18(24)10-8-17/h3-10,15-16,21,25H,11-14H2,1-2H3/p+1/t21-/m1/s1. The summed E-state index contributed by atoms with van der Waals surface area (Å²) in [6.45, 7) is 6.87. The van der Waals surface area contributed by atoms with Gasteiger partial charge in [0.05, 0.1) is 43.7 Å². The minimum Gasteiger partial charge on any atom is -0.470 e. The zero-order valence-electron chi connectivity index (χ0n) is 16.4. The highest BCUT2D eigenvalue weighted by Crippen LogP contribution is 2.47. The molecule has 5 rings (SSSR count). The maximum absolute atomic E-state index is 6.70. The largest absolute Gasteiger partial charge is 0.470 e. The number of para-hydroxylation sites is 1. The van der Waals surface area contributed by atoms with Gasteiger partial charge < -0.3 is 15.1 Å². The third-order valence-electron chi connectivity index (χ3n) is 6.47. The molecular weight excluding hydrogens is 370 g/mol. The maximum atomic E-state index is 6.70. The average Bonchev–Trinajstić information content (AvgIpc) is 3.16. The zero-order chi connectivity index (χ0) is 19.3. The Balaban J connectivity index is 1.51. The second kappa shape index (κ2) is 6.80. The van der Waals surface area contributed by atoms with Crippen LogP contribution in [0.4, 0.5) is 0 Å². The van der Waals surface area contributed by atoms with E-state index < -0.39 is 0 Å². The Morgan fingerprint density at radius 3 is 2.54 bits per heavy atom. The number of quaternary nitrogens is 1. The number of fused-ring (bicyclic) bond motifs is 4. The van der Waals surface area contributed by atoms with Gasteiger partial charge in [-0.05, 0) is 43.7 Å². The minimum absolute atomic E-state index is 0.177. The van der Waals surface area contributed by atoms with Crippen molar-refractivity contribution in [3.05, 3.63) is 70.8 Å². The van der Waals surface area contributed by atoms with E-state index in [-0.39, 0.29) is 11.8 Å². The van der Waals surface area contributed by atoms with Crippen molar-refractivity contribution in [2.75, 3.05) is 13.1 Å². The maximum Gasteiger partial charge on any atom is 0.191 e. The highest BCUT2D eigenvalue weighted by atomic mass is 35.5. The van der Waals surface area contributed by atoms with Gasteiger partial charge in [-0.15, -0.1) is 0 Å². The fraction of sp³-hybridized carbons (Fsp3) is 0.391. The van der Waals surface area contributed by atoms with Crippen LogP contribution in [0.5, 0.6) is 5.75 Å². The van der Waals surface area contributed by atoms with Gasteiger partial charge in [-0.2, -0.15) is 5.01 Å². The van der Waals surface area contributed by atoms with Crippen molar-refractivity contribution in [1.82, 2.24) is 10.4 Å². The first-order valence-electron chi connectivity index (χ1n) is 10.2. The molecule has 146 valence electrons. The molecule has 0 radical (unpaired) electrons. The Morgan fingerprint density at radius 1 is 1.11 bits per heavy atom. The topological polar surface area (TPSA) is 28.9 Å². The van der Waals surface area contributed by atoms with Gasteiger partial charge in [-0.3, -0.25) is 0 Å². The van der Waals surface area contributed by atoms with Crippen LogP contribution in [-0.4, -0.2) is 29.9 Å². The van der Waals surface area contributed by atoms with E-state index in [0.29, 0.717) is 6.04 Å². The lowest BCUT2D eigenvalue weighted by atomic mass is 9.92. The summed E-state index contributed by atoms with van der Waals surface area (Å²) in [6.07, 6.45) is 4.36. The number of hydrogen-bond donors (Lipinski definition) is 2. The molecule has 5 heteroatoms. The molecule has 0 aliphatic carbocycles. The lowest BCUT2D eigenvalue weighted by molar-refractivity contribution is -0.929. The molecule has 3 aliphatic heterocycles. The predicted molar refractivity (Wildman–Crippen MR) is 112 cm³/mol. The summed E-state index contributed by atoms with van der Waals surface area (Å²) in [5.41, 5.74) is 6.89. The summed E-state index contributed by atoms with van der Waals surface area (Å²) in [4.78, 5) is 1.66. The molecule has 2 aromatic rings. The first-order valence-corrected chi connectivity index (χ1v) is 10.6. The first kappa shape index (κ1) is 18.0. The Hall–Kier alpha value is -2.01. The number of halogens is 1. The number of nitrogens with zero attached hydrogens (tertiary/aromatic N) is 1. The second-order valence-electron chi connectivity index (χ2n) is 8.41. The van der Waals surface area contributed by atoms with Crippen LogP contribution in [0.15, 0.2) is 54.6 Å². The summed E-state index contributed by atoms with van der Waals surface area (Å²) in [6, 6.07) is 17.3. The molecule has 4 nitrogen and oxygen atoms in total. The predicted octanol–water partition coefficient (Wildman–Crippen LogP) is 3.42. The van der Waals surface area contributed by atoms with Crippen LogP contribution in [0, 0.1) is 0 Å². The summed E-state index contributed by atoms with van der Waals surface area (Å²) in [5.74, 6) is 1.02. The third kappa shape index (κ3) is 2.91. The van der Waals surface area contributed by atoms with Crippen molar-refractivity contribution in [3.63, 3.8) is 0 Å². The van der Waals surface area contributed by atoms with E-state index in [2.05, 4.69) is 66.8 Å². The van der Waals surface area contributed by atoms with Crippen LogP contribution in [0.1, 0.15) is 43.9 Å². The number of hydrogen-bond acceptors (Lipinski definition) is 3. The van der Waals surface area contributed by atoms with Gasteiger partial charge in [-0.1, -0.05) is 41.9 Å². The lowest BCUT2D eigenvalue weighted by Gasteiger charge is -2.51. The van der Waals surface area contributed by atoms with Crippen molar-refractivity contribution in [2.45, 2.75) is 44.5 Å². The van der Waals surface area contributed by atoms with E-state index in [1.54, 1.807) is 4.90 Å². The molecule has 1 spiro atoms. The van der Waals surface area contributed by atoms with Crippen LogP contribution in [-0.2, 0) is 0 Å². The Labute approximate surface area is 171 Å². The van der Waals surface area contributed by atoms with Gasteiger partial charge in [0, 0.05) is 10.6 Å². The highest BCUT2D eigenvalue weighted by molar-refractivity contribution is 6.30. The van der Waals surface area contributed by atoms with E-state index in [1.165, 1.54) is 5.56 Å². The van der Waals surface area contributed by atoms with Crippen LogP contribution in [0.2, 0.25) is 5.02 Å². The number of benzene rings is 2. The smallest absolute Gasteiger partial charge is 0.191 e. The Bertz CT molecular complexity index is 900. The summed E-state index contributed by atoms with van der Waals surface area (Å²) >= 11 is 6.09. The monoisotopic (exact) mass is 396 g/mol. The molecule has 3 aliphatic rings. The number of nitrogens with one attached hydrogen (secondary N) is 2. The van der Waals surface area contributed by atoms with Gasteiger partial charge >= 0.3 is 0 Å². The molecular formula is C23H27ClN3O+. The number of ether oxygens (including phenoxy) is 1. The van der Waals surface area contributed by atoms with E-state index in [1.807, 2.05) is 12.1 Å². The van der Waals surface area contributed by atoms with Crippen LogP contribution < -0.4 is 15.1 Å². The summed E-state index contributed by atoms with van der Waals surface area (Å²) in [5, 5.41) is 3.12. The molecule has 0 amide bonds. The fourth-order valence-corrected chi connectivity index (χ4v) is 4.92. The molecule has 2 aromatic carbocycles. The second-order valence-corrected chi connectivity index (χ2v) is 8.85. The van der Waals surface area contributed by atoms with Crippen LogP contribution in [0.3, 0.4) is 0 Å². The van der Waals surface area contributed by atoms with Gasteiger partial charge in [0.2, 0.25) is 0 Å². The zero-order valence-corrected chi connectivity index (χ0v) is 17.2. The molecule has 1 atom stereocenters. The number of rotatable bonds is 2. The lowest BCUT2D eigenvalue weighted by Crippen LogP contribution is -3.16. The molecule has 28 heavy (non-hydrogen) atoms. The summed E-state index contributed by atoms with van der Waals surface area (Å²) < 4.78 is 6.70. The molecule has 0 saturated carbocycles. The van der Waals surface area contributed by atoms with Crippen molar-refractivity contribution in [3.8, 4) is 5.75 Å². The summed E-state index contributed by atoms with van der Waals surface area (Å²) in [7, 11) is 0. The normalized spacial score (nSPS) is 29.1. The number of piperidine rings is 1. The number of hydrazine groups is 1. The van der Waals surface area contributed by atoms with Crippen LogP contribution in [0.25, 0.3) is 5.70 Å². The van der Waals surface area contributed by atoms with E-state index in [9.17, 15) is 0 Å². The fourth-order valence-electron chi connectivity index (χ4n) is 4.80. The Morgan fingerprint density at radius 2 is 1.82 bits per heavy atom. The average molecular weight is 397 g/mol. The van der Waals surface area contributed by atoms with Crippen molar-refractivity contribution in [2.24, 2.45) is 0 Å². The van der Waals surface area contributed by atoms with Gasteiger partial charge in [0.1, 0.15) is 5.75 Å². The molecule has 0 aromatic heterocycles. The molecule has 1 fully saturated rings. The number of likely N-dealkylation sites (tertiary alicyclic amines) is 1.